The van der Waals surface area contributed by atoms with E-state index in [0.717, 1.165) is 29.4 Å². The Morgan fingerprint density at radius 3 is 2.76 bits per heavy atom. The number of carbonyl (C=O) groups excluding carboxylic acids is 2. The quantitative estimate of drug-likeness (QED) is 0.617. The number of rotatable bonds is 5. The van der Waals surface area contributed by atoms with Gasteiger partial charge in [0.1, 0.15) is 0 Å². The van der Waals surface area contributed by atoms with E-state index < -0.39 is 0 Å². The van der Waals surface area contributed by atoms with E-state index in [0.29, 0.717) is 13.0 Å². The molecule has 2 aliphatic heterocycles. The van der Waals surface area contributed by atoms with Crippen LogP contribution in [0.5, 0.6) is 0 Å². The average Bonchev–Trinajstić information content (AvgIpc) is 3.05. The number of amides is 2. The maximum atomic E-state index is 12.5. The summed E-state index contributed by atoms with van der Waals surface area (Å²) >= 11 is 3.58. The van der Waals surface area contributed by atoms with Gasteiger partial charge in [-0.3, -0.25) is 14.5 Å². The van der Waals surface area contributed by atoms with Crippen molar-refractivity contribution >= 4 is 35.3 Å². The number of imide groups is 1. The van der Waals surface area contributed by atoms with Gasteiger partial charge in [-0.15, -0.1) is 0 Å². The fraction of sp³-hybridized carbons (Fsp3) is 0.500. The number of hydrogen-bond acceptors (Lipinski definition) is 4. The smallest absolute Gasteiger partial charge is 0.236 e. The molecule has 2 amide bonds. The summed E-state index contributed by atoms with van der Waals surface area (Å²) in [6.07, 6.45) is 1.30. The van der Waals surface area contributed by atoms with Gasteiger partial charge in [0, 0.05) is 30.2 Å². The topological polar surface area (TPSA) is 37.4 Å². The number of nitrogens with zero attached hydrogens (tertiary/aromatic N) is 1. The van der Waals surface area contributed by atoms with E-state index in [1.165, 1.54) is 10.5 Å². The summed E-state index contributed by atoms with van der Waals surface area (Å²) < 4.78 is 0. The van der Waals surface area contributed by atoms with Gasteiger partial charge in [-0.2, -0.15) is 23.5 Å². The van der Waals surface area contributed by atoms with Gasteiger partial charge in [-0.05, 0) is 17.7 Å². The fourth-order valence-corrected chi connectivity index (χ4v) is 5.25. The zero-order valence-corrected chi connectivity index (χ0v) is 13.5. The number of hydrogen-bond donors (Lipinski definition) is 0. The first-order valence-electron chi connectivity index (χ1n) is 7.25. The second-order valence-corrected chi connectivity index (χ2v) is 7.86. The van der Waals surface area contributed by atoms with Crippen LogP contribution in [-0.2, 0) is 15.3 Å². The summed E-state index contributed by atoms with van der Waals surface area (Å²) in [5, 5.41) is 0. The zero-order chi connectivity index (χ0) is 14.7. The molecule has 112 valence electrons. The molecule has 3 nitrogen and oxygen atoms in total. The van der Waals surface area contributed by atoms with Gasteiger partial charge in [0.15, 0.2) is 0 Å². The van der Waals surface area contributed by atoms with Crippen molar-refractivity contribution in [2.45, 2.75) is 18.6 Å². The monoisotopic (exact) mass is 321 g/mol. The van der Waals surface area contributed by atoms with Crippen LogP contribution in [0.2, 0.25) is 0 Å². The molecule has 0 N–H and O–H groups in total. The Hall–Kier alpha value is -0.940. The minimum absolute atomic E-state index is 0.0304. The maximum Gasteiger partial charge on any atom is 0.236 e. The summed E-state index contributed by atoms with van der Waals surface area (Å²) in [6, 6.07) is 10.3. The molecule has 0 bridgehead atoms. The summed E-state index contributed by atoms with van der Waals surface area (Å²) in [6.45, 7) is 0.557. The molecular formula is C16H19NO2S2. The molecule has 0 unspecified atom stereocenters. The molecule has 0 aliphatic carbocycles. The Morgan fingerprint density at radius 1 is 1.24 bits per heavy atom. The van der Waals surface area contributed by atoms with Crippen LogP contribution in [-0.4, -0.2) is 40.5 Å². The lowest BCUT2D eigenvalue weighted by molar-refractivity contribution is -0.140. The summed E-state index contributed by atoms with van der Waals surface area (Å²) in [5.41, 5.74) is 0.927. The maximum absolute atomic E-state index is 12.5. The van der Waals surface area contributed by atoms with Crippen molar-refractivity contribution in [3.63, 3.8) is 0 Å². The molecule has 5 heteroatoms. The van der Waals surface area contributed by atoms with Gasteiger partial charge < -0.3 is 0 Å². The second-order valence-electron chi connectivity index (χ2n) is 5.65. The summed E-state index contributed by atoms with van der Waals surface area (Å²) in [4.78, 5) is 26.1. The Labute approximate surface area is 133 Å². The van der Waals surface area contributed by atoms with Crippen LogP contribution in [0.1, 0.15) is 18.4 Å². The van der Waals surface area contributed by atoms with Crippen molar-refractivity contribution in [1.82, 2.24) is 4.90 Å². The molecule has 1 aromatic rings. The average molecular weight is 321 g/mol. The molecule has 2 aliphatic rings. The molecule has 3 rings (SSSR count). The van der Waals surface area contributed by atoms with E-state index >= 15 is 0 Å². The molecule has 2 fully saturated rings. The molecular weight excluding hydrogens is 302 g/mol. The number of thioether (sulfide) groups is 2. The molecule has 1 atom stereocenters. The van der Waals surface area contributed by atoms with Crippen LogP contribution in [0.15, 0.2) is 30.3 Å². The molecule has 2 saturated heterocycles. The SMILES string of the molecule is O=C1C[C@]2(CCSC2)C(=O)N1CCSCc1ccccc1. The van der Waals surface area contributed by atoms with Crippen molar-refractivity contribution < 1.29 is 9.59 Å². The minimum atomic E-state index is -0.355. The Kier molecular flexibility index (Phi) is 4.60. The van der Waals surface area contributed by atoms with Gasteiger partial charge in [-0.25, -0.2) is 0 Å². The van der Waals surface area contributed by atoms with E-state index in [9.17, 15) is 9.59 Å². The number of carbonyl (C=O) groups is 2. The van der Waals surface area contributed by atoms with E-state index in [1.807, 2.05) is 18.2 Å². The van der Waals surface area contributed by atoms with Gasteiger partial charge in [-0.1, -0.05) is 30.3 Å². The number of likely N-dealkylation sites (tertiary alicyclic amines) is 1. The zero-order valence-electron chi connectivity index (χ0n) is 11.9. The predicted molar refractivity (Wildman–Crippen MR) is 88.3 cm³/mol. The Bertz CT molecular complexity index is 526. The van der Waals surface area contributed by atoms with Crippen molar-refractivity contribution in [2.75, 3.05) is 23.8 Å². The molecule has 1 spiro atoms. The van der Waals surface area contributed by atoms with Gasteiger partial charge in [0.05, 0.1) is 5.41 Å². The van der Waals surface area contributed by atoms with Crippen LogP contribution >= 0.6 is 23.5 Å². The molecule has 2 heterocycles. The van der Waals surface area contributed by atoms with Crippen LogP contribution in [0.4, 0.5) is 0 Å². The molecule has 0 saturated carbocycles. The lowest BCUT2D eigenvalue weighted by Crippen LogP contribution is -2.37. The highest BCUT2D eigenvalue weighted by Gasteiger charge is 2.52. The van der Waals surface area contributed by atoms with Crippen molar-refractivity contribution in [2.24, 2.45) is 5.41 Å². The highest BCUT2D eigenvalue weighted by Crippen LogP contribution is 2.44. The summed E-state index contributed by atoms with van der Waals surface area (Å²) in [5.74, 6) is 3.69. The highest BCUT2D eigenvalue weighted by atomic mass is 32.2. The van der Waals surface area contributed by atoms with E-state index in [-0.39, 0.29) is 17.2 Å². The predicted octanol–water partition coefficient (Wildman–Crippen LogP) is 2.80. The molecule has 0 aromatic heterocycles. The van der Waals surface area contributed by atoms with Crippen molar-refractivity contribution in [1.29, 1.82) is 0 Å². The first kappa shape index (κ1) is 15.0. The number of benzene rings is 1. The van der Waals surface area contributed by atoms with E-state index in [2.05, 4.69) is 12.1 Å². The van der Waals surface area contributed by atoms with Gasteiger partial charge in [0.2, 0.25) is 11.8 Å². The molecule has 0 radical (unpaired) electrons. The summed E-state index contributed by atoms with van der Waals surface area (Å²) in [7, 11) is 0. The molecule has 1 aromatic carbocycles. The molecule has 21 heavy (non-hydrogen) atoms. The van der Waals surface area contributed by atoms with Crippen LogP contribution in [0.25, 0.3) is 0 Å². The lowest BCUT2D eigenvalue weighted by atomic mass is 9.86. The van der Waals surface area contributed by atoms with Gasteiger partial charge >= 0.3 is 0 Å². The fourth-order valence-electron chi connectivity index (χ4n) is 2.92. The van der Waals surface area contributed by atoms with Crippen LogP contribution in [0, 0.1) is 5.41 Å². The first-order chi connectivity index (χ1) is 10.2. The Balaban J connectivity index is 1.49. The third kappa shape index (κ3) is 3.14. The van der Waals surface area contributed by atoms with Crippen molar-refractivity contribution in [3.8, 4) is 0 Å². The standard InChI is InChI=1S/C16H19NO2S2/c18-14-10-16(6-8-21-12-16)15(19)17(14)7-9-20-11-13-4-2-1-3-5-13/h1-5H,6-12H2/t16-/m0/s1. The first-order valence-corrected chi connectivity index (χ1v) is 9.56. The Morgan fingerprint density at radius 2 is 2.05 bits per heavy atom. The van der Waals surface area contributed by atoms with E-state index in [1.54, 1.807) is 23.5 Å². The van der Waals surface area contributed by atoms with Crippen LogP contribution in [0.3, 0.4) is 0 Å². The lowest BCUT2D eigenvalue weighted by Gasteiger charge is -2.20. The third-order valence-electron chi connectivity index (χ3n) is 4.16. The van der Waals surface area contributed by atoms with Gasteiger partial charge in [0.25, 0.3) is 0 Å². The van der Waals surface area contributed by atoms with Crippen molar-refractivity contribution in [3.05, 3.63) is 35.9 Å². The second kappa shape index (κ2) is 6.44. The largest absolute Gasteiger partial charge is 0.281 e. The van der Waals surface area contributed by atoms with E-state index in [4.69, 9.17) is 0 Å². The third-order valence-corrected chi connectivity index (χ3v) is 6.42. The minimum Gasteiger partial charge on any atom is -0.281 e. The van der Waals surface area contributed by atoms with Crippen LogP contribution < -0.4 is 0 Å². The highest BCUT2D eigenvalue weighted by molar-refractivity contribution is 7.99. The normalized spacial score (nSPS) is 25.2.